The molecule has 0 atom stereocenters. The Morgan fingerprint density at radius 2 is 2.00 bits per heavy atom. The summed E-state index contributed by atoms with van der Waals surface area (Å²) in [5.41, 5.74) is 2.67. The van der Waals surface area contributed by atoms with E-state index >= 15 is 0 Å². The van der Waals surface area contributed by atoms with Crippen molar-refractivity contribution in [3.8, 4) is 0 Å². The van der Waals surface area contributed by atoms with E-state index in [0.29, 0.717) is 5.58 Å². The van der Waals surface area contributed by atoms with Crippen molar-refractivity contribution < 1.29 is 9.34 Å². The first-order valence-electron chi connectivity index (χ1n) is 5.33. The van der Waals surface area contributed by atoms with Gasteiger partial charge in [0.15, 0.2) is 0 Å². The Morgan fingerprint density at radius 1 is 1.22 bits per heavy atom. The molecule has 4 nitrogen and oxygen atoms in total. The molecule has 2 aromatic carbocycles. The summed E-state index contributed by atoms with van der Waals surface area (Å²) in [5.74, 6) is 0. The van der Waals surface area contributed by atoms with Crippen molar-refractivity contribution in [3.63, 3.8) is 0 Å². The number of nitro groups is 1. The molecule has 0 fully saturated rings. The van der Waals surface area contributed by atoms with Gasteiger partial charge in [-0.2, -0.15) is 0 Å². The SMILES string of the molecule is Cc1ccc2c(c1)oc1c(I)cc([N+](=O)[O-])cc12. The molecule has 3 aromatic rings. The zero-order valence-corrected chi connectivity index (χ0v) is 11.6. The molecule has 0 unspecified atom stereocenters. The van der Waals surface area contributed by atoms with Crippen LogP contribution in [0.2, 0.25) is 0 Å². The van der Waals surface area contributed by atoms with E-state index in [9.17, 15) is 10.1 Å². The van der Waals surface area contributed by atoms with Crippen molar-refractivity contribution in [2.45, 2.75) is 6.92 Å². The Balaban J connectivity index is 2.47. The molecule has 0 aliphatic carbocycles. The zero-order chi connectivity index (χ0) is 12.9. The van der Waals surface area contributed by atoms with E-state index in [1.54, 1.807) is 6.07 Å². The lowest BCUT2D eigenvalue weighted by Gasteiger charge is -1.94. The molecule has 0 aliphatic rings. The summed E-state index contributed by atoms with van der Waals surface area (Å²) in [6.07, 6.45) is 0. The fourth-order valence-corrected chi connectivity index (χ4v) is 2.75. The summed E-state index contributed by atoms with van der Waals surface area (Å²) < 4.78 is 6.52. The number of hydrogen-bond donors (Lipinski definition) is 0. The average molecular weight is 353 g/mol. The number of nitro benzene ring substituents is 1. The monoisotopic (exact) mass is 353 g/mol. The van der Waals surface area contributed by atoms with Crippen LogP contribution >= 0.6 is 22.6 Å². The molecular weight excluding hydrogens is 345 g/mol. The van der Waals surface area contributed by atoms with Crippen molar-refractivity contribution in [2.75, 3.05) is 0 Å². The molecule has 3 rings (SSSR count). The third-order valence-electron chi connectivity index (χ3n) is 2.88. The minimum absolute atomic E-state index is 0.0928. The predicted octanol–water partition coefficient (Wildman–Crippen LogP) is 4.41. The van der Waals surface area contributed by atoms with Crippen molar-refractivity contribution in [1.82, 2.24) is 0 Å². The highest BCUT2D eigenvalue weighted by atomic mass is 127. The van der Waals surface area contributed by atoms with Gasteiger partial charge >= 0.3 is 0 Å². The first-order valence-corrected chi connectivity index (χ1v) is 6.41. The minimum atomic E-state index is -0.380. The normalized spacial score (nSPS) is 11.2. The summed E-state index contributed by atoms with van der Waals surface area (Å²) in [4.78, 5) is 10.5. The van der Waals surface area contributed by atoms with Crippen molar-refractivity contribution >= 4 is 50.2 Å². The zero-order valence-electron chi connectivity index (χ0n) is 9.44. The first-order chi connectivity index (χ1) is 8.56. The minimum Gasteiger partial charge on any atom is -0.455 e. The van der Waals surface area contributed by atoms with E-state index < -0.39 is 0 Å². The molecule has 0 bridgehead atoms. The predicted molar refractivity (Wildman–Crippen MR) is 77.8 cm³/mol. The Labute approximate surface area is 116 Å². The van der Waals surface area contributed by atoms with Gasteiger partial charge in [-0.25, -0.2) is 0 Å². The van der Waals surface area contributed by atoms with Crippen LogP contribution in [0.4, 0.5) is 5.69 Å². The van der Waals surface area contributed by atoms with Gasteiger partial charge in [-0.1, -0.05) is 12.1 Å². The fourth-order valence-electron chi connectivity index (χ4n) is 2.03. The van der Waals surface area contributed by atoms with Crippen LogP contribution in [-0.4, -0.2) is 4.92 Å². The van der Waals surface area contributed by atoms with Gasteiger partial charge in [0.2, 0.25) is 0 Å². The van der Waals surface area contributed by atoms with Crippen LogP contribution in [0.25, 0.3) is 21.9 Å². The highest BCUT2D eigenvalue weighted by Crippen LogP contribution is 2.35. The molecule has 0 saturated carbocycles. The largest absolute Gasteiger partial charge is 0.455 e. The van der Waals surface area contributed by atoms with E-state index in [1.165, 1.54) is 6.07 Å². The second-order valence-electron chi connectivity index (χ2n) is 4.16. The number of halogens is 1. The van der Waals surface area contributed by atoms with Gasteiger partial charge in [-0.15, -0.1) is 0 Å². The number of rotatable bonds is 1. The molecule has 0 aliphatic heterocycles. The number of aryl methyl sites for hydroxylation is 1. The molecule has 1 aromatic heterocycles. The standard InChI is InChI=1S/C13H8INO3/c1-7-2-3-9-10-5-8(15(16)17)6-11(14)13(10)18-12(9)4-7/h2-6H,1H3. The average Bonchev–Trinajstić information content (AvgIpc) is 2.67. The Morgan fingerprint density at radius 3 is 2.72 bits per heavy atom. The van der Waals surface area contributed by atoms with Gasteiger partial charge in [-0.3, -0.25) is 10.1 Å². The van der Waals surface area contributed by atoms with E-state index in [2.05, 4.69) is 22.6 Å². The number of non-ortho nitro benzene ring substituents is 1. The molecule has 0 amide bonds. The van der Waals surface area contributed by atoms with E-state index in [1.807, 2.05) is 25.1 Å². The number of nitrogens with zero attached hydrogens (tertiary/aromatic N) is 1. The van der Waals surface area contributed by atoms with Crippen molar-refractivity contribution in [1.29, 1.82) is 0 Å². The van der Waals surface area contributed by atoms with Crippen LogP contribution in [0.3, 0.4) is 0 Å². The Bertz CT molecular complexity index is 792. The van der Waals surface area contributed by atoms with Crippen LogP contribution < -0.4 is 0 Å². The number of hydrogen-bond acceptors (Lipinski definition) is 3. The number of furan rings is 1. The Hall–Kier alpha value is -1.63. The van der Waals surface area contributed by atoms with Crippen LogP contribution in [0, 0.1) is 20.6 Å². The maximum Gasteiger partial charge on any atom is 0.271 e. The molecule has 18 heavy (non-hydrogen) atoms. The highest BCUT2D eigenvalue weighted by Gasteiger charge is 2.15. The lowest BCUT2D eigenvalue weighted by Crippen LogP contribution is -1.88. The summed E-state index contributed by atoms with van der Waals surface area (Å²) in [5, 5.41) is 12.6. The van der Waals surface area contributed by atoms with Crippen LogP contribution in [0.1, 0.15) is 5.56 Å². The molecule has 0 spiro atoms. The van der Waals surface area contributed by atoms with Gasteiger partial charge in [0.1, 0.15) is 11.2 Å². The molecule has 0 N–H and O–H groups in total. The van der Waals surface area contributed by atoms with Crippen molar-refractivity contribution in [2.24, 2.45) is 0 Å². The van der Waals surface area contributed by atoms with Crippen LogP contribution in [0.5, 0.6) is 0 Å². The smallest absolute Gasteiger partial charge is 0.271 e. The maximum absolute atomic E-state index is 10.9. The molecule has 5 heteroatoms. The fraction of sp³-hybridized carbons (Fsp3) is 0.0769. The van der Waals surface area contributed by atoms with Gasteiger partial charge < -0.3 is 4.42 Å². The van der Waals surface area contributed by atoms with Crippen LogP contribution in [0.15, 0.2) is 34.7 Å². The Kier molecular flexibility index (Phi) is 2.51. The maximum atomic E-state index is 10.9. The van der Waals surface area contributed by atoms with E-state index in [-0.39, 0.29) is 10.6 Å². The summed E-state index contributed by atoms with van der Waals surface area (Å²) in [6.45, 7) is 1.99. The summed E-state index contributed by atoms with van der Waals surface area (Å²) in [6, 6.07) is 8.95. The molecule has 0 saturated heterocycles. The lowest BCUT2D eigenvalue weighted by atomic mass is 10.1. The lowest BCUT2D eigenvalue weighted by molar-refractivity contribution is -0.384. The van der Waals surface area contributed by atoms with Crippen molar-refractivity contribution in [3.05, 3.63) is 49.6 Å². The van der Waals surface area contributed by atoms with Gasteiger partial charge in [0.25, 0.3) is 5.69 Å². The van der Waals surface area contributed by atoms with E-state index in [0.717, 1.165) is 25.5 Å². The van der Waals surface area contributed by atoms with Gasteiger partial charge in [0.05, 0.1) is 8.49 Å². The third-order valence-corrected chi connectivity index (χ3v) is 3.68. The highest BCUT2D eigenvalue weighted by molar-refractivity contribution is 14.1. The second kappa shape index (κ2) is 3.94. The topological polar surface area (TPSA) is 56.3 Å². The molecule has 90 valence electrons. The number of fused-ring (bicyclic) bond motifs is 3. The molecule has 1 heterocycles. The van der Waals surface area contributed by atoms with Gasteiger partial charge in [-0.05, 0) is 41.1 Å². The molecule has 0 radical (unpaired) electrons. The summed E-state index contributed by atoms with van der Waals surface area (Å²) >= 11 is 2.06. The van der Waals surface area contributed by atoms with Crippen LogP contribution in [-0.2, 0) is 0 Å². The third kappa shape index (κ3) is 1.66. The van der Waals surface area contributed by atoms with E-state index in [4.69, 9.17) is 4.42 Å². The molecular formula is C13H8INO3. The quantitative estimate of drug-likeness (QED) is 0.370. The summed E-state index contributed by atoms with van der Waals surface area (Å²) in [7, 11) is 0. The second-order valence-corrected chi connectivity index (χ2v) is 5.33. The number of benzene rings is 2. The van der Waals surface area contributed by atoms with Gasteiger partial charge in [0, 0.05) is 22.9 Å². The first kappa shape index (κ1) is 11.5.